The number of fused-ring (bicyclic) bond motifs is 1. The second-order valence-corrected chi connectivity index (χ2v) is 7.49. The smallest absolute Gasteiger partial charge is 0.277 e. The molecule has 2 heterocycles. The molecule has 1 unspecified atom stereocenters. The number of pyridine rings is 1. The van der Waals surface area contributed by atoms with E-state index in [0.717, 1.165) is 17.7 Å². The normalized spacial score (nSPS) is 16.5. The molecule has 0 saturated heterocycles. The fourth-order valence-electron chi connectivity index (χ4n) is 3.10. The van der Waals surface area contributed by atoms with Crippen molar-refractivity contribution in [1.82, 2.24) is 10.3 Å². The highest BCUT2D eigenvalue weighted by atomic mass is 16.2. The van der Waals surface area contributed by atoms with Crippen LogP contribution >= 0.6 is 0 Å². The number of nitrogens with one attached hydrogen (secondary N) is 1. The first-order valence-electron chi connectivity index (χ1n) is 8.46. The van der Waals surface area contributed by atoms with Crippen LogP contribution in [0.4, 0.5) is 5.69 Å². The highest BCUT2D eigenvalue weighted by molar-refractivity contribution is 6.07. The van der Waals surface area contributed by atoms with E-state index in [1.54, 1.807) is 17.0 Å². The zero-order valence-electron chi connectivity index (χ0n) is 15.0. The maximum absolute atomic E-state index is 13.0. The quantitative estimate of drug-likeness (QED) is 0.915. The number of para-hydroxylation sites is 1. The number of rotatable bonds is 2. The van der Waals surface area contributed by atoms with E-state index >= 15 is 0 Å². The number of carbonyl (C=O) groups excluding carboxylic acids is 2. The SMILES string of the molecule is CC1Cc2ccccc2N1C(=O)c1cc(C(=O)NC(C)(C)C)ccn1. The van der Waals surface area contributed by atoms with Crippen LogP contribution in [0.2, 0.25) is 0 Å². The average molecular weight is 337 g/mol. The van der Waals surface area contributed by atoms with E-state index in [-0.39, 0.29) is 29.1 Å². The molecule has 5 nitrogen and oxygen atoms in total. The summed E-state index contributed by atoms with van der Waals surface area (Å²) >= 11 is 0. The van der Waals surface area contributed by atoms with E-state index < -0.39 is 0 Å². The van der Waals surface area contributed by atoms with Crippen LogP contribution in [0.1, 0.15) is 54.1 Å². The van der Waals surface area contributed by atoms with E-state index in [0.29, 0.717) is 5.56 Å². The standard InChI is InChI=1S/C20H23N3O2/c1-13-11-14-7-5-6-8-17(14)23(13)19(25)16-12-15(9-10-21-16)18(24)22-20(2,3)4/h5-10,12-13H,11H2,1-4H3,(H,22,24). The molecule has 1 N–H and O–H groups in total. The molecule has 3 rings (SSSR count). The molecule has 0 aliphatic carbocycles. The van der Waals surface area contributed by atoms with Gasteiger partial charge in [0.1, 0.15) is 5.69 Å². The summed E-state index contributed by atoms with van der Waals surface area (Å²) in [6, 6.07) is 11.2. The van der Waals surface area contributed by atoms with Crippen molar-refractivity contribution in [2.45, 2.75) is 45.7 Å². The van der Waals surface area contributed by atoms with E-state index in [9.17, 15) is 9.59 Å². The largest absolute Gasteiger partial charge is 0.347 e. The van der Waals surface area contributed by atoms with Gasteiger partial charge in [-0.25, -0.2) is 0 Å². The van der Waals surface area contributed by atoms with Crippen molar-refractivity contribution >= 4 is 17.5 Å². The van der Waals surface area contributed by atoms with Gasteiger partial charge in [0.15, 0.2) is 0 Å². The Kier molecular flexibility index (Phi) is 4.33. The Bertz CT molecular complexity index is 824. The van der Waals surface area contributed by atoms with Crippen LogP contribution in [-0.2, 0) is 6.42 Å². The number of nitrogens with zero attached hydrogens (tertiary/aromatic N) is 2. The van der Waals surface area contributed by atoms with Crippen LogP contribution in [0.15, 0.2) is 42.6 Å². The summed E-state index contributed by atoms with van der Waals surface area (Å²) in [6.45, 7) is 7.77. The lowest BCUT2D eigenvalue weighted by molar-refractivity contribution is 0.0919. The monoisotopic (exact) mass is 337 g/mol. The van der Waals surface area contributed by atoms with Crippen molar-refractivity contribution in [2.24, 2.45) is 0 Å². The molecule has 2 amide bonds. The van der Waals surface area contributed by atoms with Gasteiger partial charge in [-0.1, -0.05) is 18.2 Å². The van der Waals surface area contributed by atoms with Gasteiger partial charge in [0.05, 0.1) is 0 Å². The molecular weight excluding hydrogens is 314 g/mol. The summed E-state index contributed by atoms with van der Waals surface area (Å²) in [5.41, 5.74) is 2.46. The first-order chi connectivity index (χ1) is 11.8. The van der Waals surface area contributed by atoms with Crippen molar-refractivity contribution in [1.29, 1.82) is 0 Å². The van der Waals surface area contributed by atoms with Gasteiger partial charge in [-0.05, 0) is 57.9 Å². The predicted molar refractivity (Wildman–Crippen MR) is 97.9 cm³/mol. The molecule has 1 aliphatic rings. The van der Waals surface area contributed by atoms with Gasteiger partial charge in [-0.2, -0.15) is 0 Å². The number of benzene rings is 1. The number of hydrogen-bond acceptors (Lipinski definition) is 3. The Morgan fingerprint density at radius 3 is 2.64 bits per heavy atom. The van der Waals surface area contributed by atoms with Crippen LogP contribution in [0, 0.1) is 0 Å². The molecule has 0 radical (unpaired) electrons. The van der Waals surface area contributed by atoms with E-state index in [2.05, 4.69) is 10.3 Å². The maximum Gasteiger partial charge on any atom is 0.277 e. The van der Waals surface area contributed by atoms with E-state index in [1.807, 2.05) is 52.0 Å². The van der Waals surface area contributed by atoms with Gasteiger partial charge in [0, 0.05) is 29.0 Å². The second-order valence-electron chi connectivity index (χ2n) is 7.49. The first-order valence-corrected chi connectivity index (χ1v) is 8.46. The molecule has 5 heteroatoms. The van der Waals surface area contributed by atoms with Crippen molar-refractivity contribution in [3.05, 3.63) is 59.4 Å². The van der Waals surface area contributed by atoms with Crippen LogP contribution in [0.25, 0.3) is 0 Å². The first kappa shape index (κ1) is 17.1. The third-order valence-corrected chi connectivity index (χ3v) is 4.16. The van der Waals surface area contributed by atoms with Crippen molar-refractivity contribution in [3.8, 4) is 0 Å². The predicted octanol–water partition coefficient (Wildman–Crippen LogP) is 3.20. The third kappa shape index (κ3) is 3.55. The Morgan fingerprint density at radius 1 is 1.20 bits per heavy atom. The summed E-state index contributed by atoms with van der Waals surface area (Å²) < 4.78 is 0. The molecular formula is C20H23N3O2. The number of anilines is 1. The highest BCUT2D eigenvalue weighted by Gasteiger charge is 2.32. The molecule has 1 aromatic carbocycles. The molecule has 1 aromatic heterocycles. The fourth-order valence-corrected chi connectivity index (χ4v) is 3.10. The Morgan fingerprint density at radius 2 is 1.92 bits per heavy atom. The van der Waals surface area contributed by atoms with E-state index in [1.165, 1.54) is 6.20 Å². The summed E-state index contributed by atoms with van der Waals surface area (Å²) in [4.78, 5) is 31.3. The lowest BCUT2D eigenvalue weighted by atomic mass is 10.1. The van der Waals surface area contributed by atoms with Gasteiger partial charge in [0.25, 0.3) is 11.8 Å². The summed E-state index contributed by atoms with van der Waals surface area (Å²) in [5.74, 6) is -0.387. The number of hydrogen-bond donors (Lipinski definition) is 1. The van der Waals surface area contributed by atoms with Crippen LogP contribution in [0.3, 0.4) is 0 Å². The highest BCUT2D eigenvalue weighted by Crippen LogP contribution is 2.32. The van der Waals surface area contributed by atoms with E-state index in [4.69, 9.17) is 0 Å². The zero-order valence-corrected chi connectivity index (χ0v) is 15.0. The van der Waals surface area contributed by atoms with Gasteiger partial charge in [0.2, 0.25) is 0 Å². The molecule has 130 valence electrons. The molecule has 2 aromatic rings. The Hall–Kier alpha value is -2.69. The zero-order chi connectivity index (χ0) is 18.2. The van der Waals surface area contributed by atoms with Gasteiger partial charge >= 0.3 is 0 Å². The molecule has 25 heavy (non-hydrogen) atoms. The van der Waals surface area contributed by atoms with Crippen molar-refractivity contribution in [2.75, 3.05) is 4.90 Å². The van der Waals surface area contributed by atoms with Crippen molar-refractivity contribution in [3.63, 3.8) is 0 Å². The minimum absolute atomic E-state index is 0.0683. The molecule has 0 fully saturated rings. The van der Waals surface area contributed by atoms with Crippen LogP contribution < -0.4 is 10.2 Å². The summed E-state index contributed by atoms with van der Waals surface area (Å²) in [6.07, 6.45) is 2.34. The van der Waals surface area contributed by atoms with Gasteiger partial charge < -0.3 is 10.2 Å². The summed E-state index contributed by atoms with van der Waals surface area (Å²) in [7, 11) is 0. The molecule has 1 aliphatic heterocycles. The molecule has 0 bridgehead atoms. The van der Waals surface area contributed by atoms with Crippen LogP contribution in [-0.4, -0.2) is 28.4 Å². The average Bonchev–Trinajstić information content (AvgIpc) is 2.88. The van der Waals surface area contributed by atoms with Crippen LogP contribution in [0.5, 0.6) is 0 Å². The number of carbonyl (C=O) groups is 2. The minimum atomic E-state index is -0.340. The Balaban J connectivity index is 1.89. The topological polar surface area (TPSA) is 62.3 Å². The van der Waals surface area contributed by atoms with Gasteiger partial charge in [-0.3, -0.25) is 14.6 Å². The second kappa shape index (κ2) is 6.31. The van der Waals surface area contributed by atoms with Gasteiger partial charge in [-0.15, -0.1) is 0 Å². The Labute approximate surface area is 148 Å². The molecule has 0 spiro atoms. The van der Waals surface area contributed by atoms with Crippen molar-refractivity contribution < 1.29 is 9.59 Å². The summed E-state index contributed by atoms with van der Waals surface area (Å²) in [5, 5.41) is 2.90. The lowest BCUT2D eigenvalue weighted by Crippen LogP contribution is -2.41. The lowest BCUT2D eigenvalue weighted by Gasteiger charge is -2.23. The molecule has 1 atom stereocenters. The third-order valence-electron chi connectivity index (χ3n) is 4.16. The molecule has 0 saturated carbocycles. The number of aromatic nitrogens is 1. The fraction of sp³-hybridized carbons (Fsp3) is 0.350. The minimum Gasteiger partial charge on any atom is -0.347 e. The number of amides is 2. The maximum atomic E-state index is 13.0.